The molecular formula is C19H16F3N3O2. The molecule has 1 atom stereocenters. The SMILES string of the molecule is C[C@@H](NC(=O)Cn1cnc2ccccc2c1=O)c1cccc(C(F)(F)F)c1. The van der Waals surface area contributed by atoms with Crippen molar-refractivity contribution in [2.45, 2.75) is 25.7 Å². The summed E-state index contributed by atoms with van der Waals surface area (Å²) in [6, 6.07) is 10.9. The van der Waals surface area contributed by atoms with E-state index in [9.17, 15) is 22.8 Å². The lowest BCUT2D eigenvalue weighted by Crippen LogP contribution is -2.34. The topological polar surface area (TPSA) is 64.0 Å². The molecule has 1 heterocycles. The standard InChI is InChI=1S/C19H16F3N3O2/c1-12(13-5-4-6-14(9-13)19(20,21)22)24-17(26)10-25-11-23-16-8-3-2-7-15(16)18(25)27/h2-9,11-12H,10H2,1H3,(H,24,26)/t12-/m1/s1. The monoisotopic (exact) mass is 375 g/mol. The van der Waals surface area contributed by atoms with Gasteiger partial charge in [0.1, 0.15) is 6.54 Å². The Kier molecular flexibility index (Phi) is 4.98. The molecule has 1 amide bonds. The van der Waals surface area contributed by atoms with Crippen LogP contribution in [0.25, 0.3) is 10.9 Å². The lowest BCUT2D eigenvalue weighted by molar-refractivity contribution is -0.137. The number of halogens is 3. The highest BCUT2D eigenvalue weighted by atomic mass is 19.4. The van der Waals surface area contributed by atoms with E-state index in [1.165, 1.54) is 18.5 Å². The zero-order valence-corrected chi connectivity index (χ0v) is 14.3. The molecule has 0 saturated carbocycles. The number of amides is 1. The second kappa shape index (κ2) is 7.22. The number of rotatable bonds is 4. The normalized spacial score (nSPS) is 12.7. The van der Waals surface area contributed by atoms with E-state index in [-0.39, 0.29) is 12.1 Å². The third-order valence-electron chi connectivity index (χ3n) is 4.14. The maximum Gasteiger partial charge on any atom is 0.416 e. The number of alkyl halides is 3. The van der Waals surface area contributed by atoms with Gasteiger partial charge < -0.3 is 5.32 Å². The van der Waals surface area contributed by atoms with E-state index in [0.717, 1.165) is 16.7 Å². The Bertz CT molecular complexity index is 1040. The van der Waals surface area contributed by atoms with Crippen LogP contribution in [0.1, 0.15) is 24.1 Å². The minimum atomic E-state index is -4.45. The molecule has 0 spiro atoms. The van der Waals surface area contributed by atoms with Crippen molar-refractivity contribution < 1.29 is 18.0 Å². The van der Waals surface area contributed by atoms with Crippen LogP contribution in [-0.4, -0.2) is 15.5 Å². The number of fused-ring (bicyclic) bond motifs is 1. The molecule has 0 aliphatic carbocycles. The quantitative estimate of drug-likeness (QED) is 0.761. The van der Waals surface area contributed by atoms with Crippen LogP contribution in [0.2, 0.25) is 0 Å². The highest BCUT2D eigenvalue weighted by Crippen LogP contribution is 2.30. The van der Waals surface area contributed by atoms with E-state index < -0.39 is 23.7 Å². The summed E-state index contributed by atoms with van der Waals surface area (Å²) >= 11 is 0. The predicted molar refractivity (Wildman–Crippen MR) is 94.0 cm³/mol. The molecule has 0 radical (unpaired) electrons. The molecule has 0 aliphatic heterocycles. The van der Waals surface area contributed by atoms with Gasteiger partial charge in [0.05, 0.1) is 28.8 Å². The van der Waals surface area contributed by atoms with Crippen molar-refractivity contribution in [1.82, 2.24) is 14.9 Å². The zero-order chi connectivity index (χ0) is 19.6. The maximum atomic E-state index is 12.8. The van der Waals surface area contributed by atoms with Crippen molar-refractivity contribution >= 4 is 16.8 Å². The highest BCUT2D eigenvalue weighted by Gasteiger charge is 2.30. The van der Waals surface area contributed by atoms with Gasteiger partial charge in [-0.3, -0.25) is 14.2 Å². The van der Waals surface area contributed by atoms with Crippen molar-refractivity contribution in [1.29, 1.82) is 0 Å². The molecule has 3 aromatic rings. The number of hydrogen-bond donors (Lipinski definition) is 1. The van der Waals surface area contributed by atoms with Crippen LogP contribution in [0.4, 0.5) is 13.2 Å². The number of carbonyl (C=O) groups is 1. The summed E-state index contributed by atoms with van der Waals surface area (Å²) in [7, 11) is 0. The Morgan fingerprint density at radius 3 is 2.67 bits per heavy atom. The third kappa shape index (κ3) is 4.16. The summed E-state index contributed by atoms with van der Waals surface area (Å²) < 4.78 is 39.6. The van der Waals surface area contributed by atoms with Gasteiger partial charge in [-0.25, -0.2) is 4.98 Å². The summed E-state index contributed by atoms with van der Waals surface area (Å²) in [4.78, 5) is 28.8. The maximum absolute atomic E-state index is 12.8. The number of nitrogens with zero attached hydrogens (tertiary/aromatic N) is 2. The van der Waals surface area contributed by atoms with Gasteiger partial charge in [-0.05, 0) is 36.8 Å². The molecule has 8 heteroatoms. The first-order valence-electron chi connectivity index (χ1n) is 8.16. The molecular weight excluding hydrogens is 359 g/mol. The van der Waals surface area contributed by atoms with Crippen molar-refractivity contribution in [3.8, 4) is 0 Å². The number of carbonyl (C=O) groups excluding carboxylic acids is 1. The Morgan fingerprint density at radius 2 is 1.93 bits per heavy atom. The van der Waals surface area contributed by atoms with Gasteiger partial charge in [-0.15, -0.1) is 0 Å². The molecule has 1 aromatic heterocycles. The molecule has 0 fully saturated rings. The van der Waals surface area contributed by atoms with E-state index in [1.54, 1.807) is 31.2 Å². The number of benzene rings is 2. The molecule has 140 valence electrons. The molecule has 0 unspecified atom stereocenters. The summed E-state index contributed by atoms with van der Waals surface area (Å²) in [6.07, 6.45) is -3.18. The summed E-state index contributed by atoms with van der Waals surface area (Å²) in [6.45, 7) is 1.30. The van der Waals surface area contributed by atoms with Crippen LogP contribution in [-0.2, 0) is 17.5 Å². The minimum Gasteiger partial charge on any atom is -0.348 e. The highest BCUT2D eigenvalue weighted by molar-refractivity contribution is 5.79. The predicted octanol–water partition coefficient (Wildman–Crippen LogP) is 3.29. The number of para-hydroxylation sites is 1. The fourth-order valence-corrected chi connectivity index (χ4v) is 2.73. The average molecular weight is 375 g/mol. The largest absolute Gasteiger partial charge is 0.416 e. The zero-order valence-electron chi connectivity index (χ0n) is 14.3. The second-order valence-corrected chi connectivity index (χ2v) is 6.11. The van der Waals surface area contributed by atoms with Gasteiger partial charge in [0.15, 0.2) is 0 Å². The van der Waals surface area contributed by atoms with Crippen LogP contribution in [0, 0.1) is 0 Å². The van der Waals surface area contributed by atoms with Crippen molar-refractivity contribution in [2.24, 2.45) is 0 Å². The number of nitrogens with one attached hydrogen (secondary N) is 1. The van der Waals surface area contributed by atoms with Crippen molar-refractivity contribution in [2.75, 3.05) is 0 Å². The van der Waals surface area contributed by atoms with Gasteiger partial charge in [0.2, 0.25) is 5.91 Å². The van der Waals surface area contributed by atoms with E-state index in [4.69, 9.17) is 0 Å². The number of hydrogen-bond acceptors (Lipinski definition) is 3. The van der Waals surface area contributed by atoms with Crippen molar-refractivity contribution in [3.63, 3.8) is 0 Å². The van der Waals surface area contributed by atoms with E-state index in [2.05, 4.69) is 10.3 Å². The molecule has 2 aromatic carbocycles. The van der Waals surface area contributed by atoms with E-state index >= 15 is 0 Å². The molecule has 0 aliphatic rings. The first-order valence-corrected chi connectivity index (χ1v) is 8.16. The van der Waals surface area contributed by atoms with Gasteiger partial charge in [-0.2, -0.15) is 13.2 Å². The molecule has 3 rings (SSSR count). The third-order valence-corrected chi connectivity index (χ3v) is 4.14. The summed E-state index contributed by atoms with van der Waals surface area (Å²) in [5, 5.41) is 2.99. The van der Waals surface area contributed by atoms with Gasteiger partial charge in [0, 0.05) is 0 Å². The lowest BCUT2D eigenvalue weighted by Gasteiger charge is -2.16. The van der Waals surface area contributed by atoms with Gasteiger partial charge in [-0.1, -0.05) is 24.3 Å². The minimum absolute atomic E-state index is 0.278. The van der Waals surface area contributed by atoms with Crippen LogP contribution in [0.3, 0.4) is 0 Å². The fraction of sp³-hybridized carbons (Fsp3) is 0.211. The second-order valence-electron chi connectivity index (χ2n) is 6.11. The fourth-order valence-electron chi connectivity index (χ4n) is 2.73. The first kappa shape index (κ1) is 18.6. The van der Waals surface area contributed by atoms with E-state index in [1.807, 2.05) is 0 Å². The van der Waals surface area contributed by atoms with Crippen LogP contribution >= 0.6 is 0 Å². The average Bonchev–Trinajstić information content (AvgIpc) is 2.63. The summed E-state index contributed by atoms with van der Waals surface area (Å²) in [5.41, 5.74) is -0.294. The van der Waals surface area contributed by atoms with Crippen LogP contribution < -0.4 is 10.9 Å². The van der Waals surface area contributed by atoms with E-state index in [0.29, 0.717) is 16.5 Å². The Morgan fingerprint density at radius 1 is 1.19 bits per heavy atom. The van der Waals surface area contributed by atoms with Gasteiger partial charge in [0.25, 0.3) is 5.56 Å². The molecule has 0 saturated heterocycles. The van der Waals surface area contributed by atoms with Gasteiger partial charge >= 0.3 is 6.18 Å². The first-order chi connectivity index (χ1) is 12.8. The molecule has 5 nitrogen and oxygen atoms in total. The van der Waals surface area contributed by atoms with Crippen LogP contribution in [0.15, 0.2) is 59.7 Å². The Hall–Kier alpha value is -3.16. The summed E-state index contributed by atoms with van der Waals surface area (Å²) in [5.74, 6) is -0.501. The Labute approximate surface area is 152 Å². The smallest absolute Gasteiger partial charge is 0.348 e. The Balaban J connectivity index is 1.75. The molecule has 27 heavy (non-hydrogen) atoms. The molecule has 0 bridgehead atoms. The van der Waals surface area contributed by atoms with Crippen LogP contribution in [0.5, 0.6) is 0 Å². The van der Waals surface area contributed by atoms with Crippen molar-refractivity contribution in [3.05, 3.63) is 76.3 Å². The molecule has 1 N–H and O–H groups in total. The number of aromatic nitrogens is 2. The lowest BCUT2D eigenvalue weighted by atomic mass is 10.0.